The lowest BCUT2D eigenvalue weighted by atomic mass is 9.95. The molecule has 0 atom stereocenters. The van der Waals surface area contributed by atoms with E-state index in [4.69, 9.17) is 0 Å². The van der Waals surface area contributed by atoms with Crippen molar-refractivity contribution >= 4 is 5.91 Å². The van der Waals surface area contributed by atoms with Crippen LogP contribution in [-0.4, -0.2) is 30.9 Å². The van der Waals surface area contributed by atoms with E-state index in [9.17, 15) is 4.79 Å². The van der Waals surface area contributed by atoms with Crippen LogP contribution in [0, 0.1) is 0 Å². The van der Waals surface area contributed by atoms with Gasteiger partial charge in [-0.15, -0.1) is 0 Å². The van der Waals surface area contributed by atoms with Crippen LogP contribution < -0.4 is 5.32 Å². The Kier molecular flexibility index (Phi) is 4.37. The number of nitrogens with zero attached hydrogens (tertiary/aromatic N) is 1. The summed E-state index contributed by atoms with van der Waals surface area (Å²) in [5.74, 6) is 0.156. The van der Waals surface area contributed by atoms with E-state index in [0.717, 1.165) is 44.5 Å². The number of hydrogen-bond donors (Lipinski definition) is 1. The van der Waals surface area contributed by atoms with Crippen molar-refractivity contribution in [3.05, 3.63) is 34.9 Å². The van der Waals surface area contributed by atoms with Gasteiger partial charge in [-0.1, -0.05) is 25.5 Å². The van der Waals surface area contributed by atoms with E-state index in [1.807, 2.05) is 24.1 Å². The van der Waals surface area contributed by atoms with Crippen LogP contribution in [0.15, 0.2) is 18.2 Å². The van der Waals surface area contributed by atoms with Crippen LogP contribution in [-0.2, 0) is 13.0 Å². The summed E-state index contributed by atoms with van der Waals surface area (Å²) in [6.07, 6.45) is 3.21. The Hall–Kier alpha value is -1.35. The van der Waals surface area contributed by atoms with E-state index in [1.165, 1.54) is 11.1 Å². The standard InChI is InChI=1S/C15H22N2O/c1-3-4-10-17(2)15(18)13-7-5-6-12-8-9-16-11-14(12)13/h5-7,16H,3-4,8-11H2,1-2H3. The summed E-state index contributed by atoms with van der Waals surface area (Å²) in [6, 6.07) is 6.10. The third kappa shape index (κ3) is 2.72. The van der Waals surface area contributed by atoms with Crippen molar-refractivity contribution in [1.82, 2.24) is 10.2 Å². The topological polar surface area (TPSA) is 32.3 Å². The molecule has 3 nitrogen and oxygen atoms in total. The summed E-state index contributed by atoms with van der Waals surface area (Å²) < 4.78 is 0. The van der Waals surface area contributed by atoms with Crippen LogP contribution in [0.5, 0.6) is 0 Å². The Bertz CT molecular complexity index is 429. The minimum Gasteiger partial charge on any atom is -0.342 e. The molecule has 1 aromatic rings. The van der Waals surface area contributed by atoms with Gasteiger partial charge in [0.05, 0.1) is 0 Å². The molecule has 2 rings (SSSR count). The van der Waals surface area contributed by atoms with Gasteiger partial charge in [-0.05, 0) is 36.6 Å². The third-order valence-corrected chi connectivity index (χ3v) is 3.57. The lowest BCUT2D eigenvalue weighted by Crippen LogP contribution is -2.31. The molecule has 0 saturated heterocycles. The van der Waals surface area contributed by atoms with E-state index < -0.39 is 0 Å². The lowest BCUT2D eigenvalue weighted by molar-refractivity contribution is 0.0791. The largest absolute Gasteiger partial charge is 0.342 e. The monoisotopic (exact) mass is 246 g/mol. The summed E-state index contributed by atoms with van der Waals surface area (Å²) >= 11 is 0. The normalized spacial score (nSPS) is 14.1. The van der Waals surface area contributed by atoms with E-state index in [0.29, 0.717) is 0 Å². The predicted molar refractivity (Wildman–Crippen MR) is 73.7 cm³/mol. The maximum Gasteiger partial charge on any atom is 0.253 e. The number of amides is 1. The lowest BCUT2D eigenvalue weighted by Gasteiger charge is -2.23. The van der Waals surface area contributed by atoms with E-state index >= 15 is 0 Å². The second-order valence-electron chi connectivity index (χ2n) is 4.95. The highest BCUT2D eigenvalue weighted by Gasteiger charge is 2.19. The van der Waals surface area contributed by atoms with Crippen LogP contribution >= 0.6 is 0 Å². The SMILES string of the molecule is CCCCN(C)C(=O)c1cccc2c1CNCC2. The van der Waals surface area contributed by atoms with Crippen molar-refractivity contribution in [3.8, 4) is 0 Å². The number of carbonyl (C=O) groups excluding carboxylic acids is 1. The summed E-state index contributed by atoms with van der Waals surface area (Å²) in [5.41, 5.74) is 3.39. The zero-order valence-electron chi connectivity index (χ0n) is 11.3. The fourth-order valence-electron chi connectivity index (χ4n) is 2.42. The van der Waals surface area contributed by atoms with Gasteiger partial charge >= 0.3 is 0 Å². The third-order valence-electron chi connectivity index (χ3n) is 3.57. The number of fused-ring (bicyclic) bond motifs is 1. The molecule has 18 heavy (non-hydrogen) atoms. The summed E-state index contributed by atoms with van der Waals surface area (Å²) in [5, 5.41) is 3.35. The van der Waals surface area contributed by atoms with Crippen molar-refractivity contribution in [3.63, 3.8) is 0 Å². The Morgan fingerprint density at radius 2 is 2.28 bits per heavy atom. The molecule has 98 valence electrons. The smallest absolute Gasteiger partial charge is 0.253 e. The molecule has 0 bridgehead atoms. The van der Waals surface area contributed by atoms with E-state index in [-0.39, 0.29) is 5.91 Å². The summed E-state index contributed by atoms with van der Waals surface area (Å²) in [7, 11) is 1.90. The zero-order chi connectivity index (χ0) is 13.0. The minimum atomic E-state index is 0.156. The van der Waals surface area contributed by atoms with Gasteiger partial charge in [0.15, 0.2) is 0 Å². The van der Waals surface area contributed by atoms with Gasteiger partial charge in [0.1, 0.15) is 0 Å². The minimum absolute atomic E-state index is 0.156. The number of benzene rings is 1. The molecular weight excluding hydrogens is 224 g/mol. The highest BCUT2D eigenvalue weighted by Crippen LogP contribution is 2.19. The number of unbranched alkanes of at least 4 members (excludes halogenated alkanes) is 1. The molecule has 1 aromatic carbocycles. The first-order valence-electron chi connectivity index (χ1n) is 6.81. The molecule has 0 saturated carbocycles. The van der Waals surface area contributed by atoms with Crippen LogP contribution in [0.25, 0.3) is 0 Å². The van der Waals surface area contributed by atoms with E-state index in [2.05, 4.69) is 18.3 Å². The second kappa shape index (κ2) is 6.01. The van der Waals surface area contributed by atoms with Crippen LogP contribution in [0.4, 0.5) is 0 Å². The van der Waals surface area contributed by atoms with Crippen molar-refractivity contribution < 1.29 is 4.79 Å². The van der Waals surface area contributed by atoms with Gasteiger partial charge in [-0.3, -0.25) is 4.79 Å². The highest BCUT2D eigenvalue weighted by atomic mass is 16.2. The van der Waals surface area contributed by atoms with Gasteiger partial charge in [0.2, 0.25) is 0 Å². The van der Waals surface area contributed by atoms with Gasteiger partial charge < -0.3 is 10.2 Å². The average molecular weight is 246 g/mol. The molecule has 0 spiro atoms. The zero-order valence-corrected chi connectivity index (χ0v) is 11.3. The number of nitrogens with one attached hydrogen (secondary N) is 1. The number of rotatable bonds is 4. The Morgan fingerprint density at radius 3 is 3.06 bits per heavy atom. The van der Waals surface area contributed by atoms with Gasteiger partial charge in [-0.25, -0.2) is 0 Å². The molecule has 1 amide bonds. The van der Waals surface area contributed by atoms with Gasteiger partial charge in [0, 0.05) is 25.7 Å². The van der Waals surface area contributed by atoms with Gasteiger partial charge in [-0.2, -0.15) is 0 Å². The van der Waals surface area contributed by atoms with Crippen molar-refractivity contribution in [2.45, 2.75) is 32.7 Å². The second-order valence-corrected chi connectivity index (χ2v) is 4.95. The fraction of sp³-hybridized carbons (Fsp3) is 0.533. The molecule has 1 aliphatic heterocycles. The van der Waals surface area contributed by atoms with Crippen LogP contribution in [0.2, 0.25) is 0 Å². The predicted octanol–water partition coefficient (Wildman–Crippen LogP) is 2.20. The number of carbonyl (C=O) groups is 1. The molecule has 3 heteroatoms. The molecule has 1 N–H and O–H groups in total. The highest BCUT2D eigenvalue weighted by molar-refractivity contribution is 5.96. The quantitative estimate of drug-likeness (QED) is 0.883. The van der Waals surface area contributed by atoms with Crippen LogP contribution in [0.1, 0.15) is 41.3 Å². The first-order valence-corrected chi connectivity index (χ1v) is 6.81. The maximum absolute atomic E-state index is 12.4. The first kappa shape index (κ1) is 13.1. The molecule has 0 aliphatic carbocycles. The van der Waals surface area contributed by atoms with Crippen LogP contribution in [0.3, 0.4) is 0 Å². The van der Waals surface area contributed by atoms with Crippen molar-refractivity contribution in [1.29, 1.82) is 0 Å². The summed E-state index contributed by atoms with van der Waals surface area (Å²) in [4.78, 5) is 14.3. The van der Waals surface area contributed by atoms with Crippen molar-refractivity contribution in [2.24, 2.45) is 0 Å². The van der Waals surface area contributed by atoms with E-state index in [1.54, 1.807) is 0 Å². The molecule has 0 aromatic heterocycles. The number of hydrogen-bond acceptors (Lipinski definition) is 2. The molecule has 1 heterocycles. The molecule has 1 aliphatic rings. The Morgan fingerprint density at radius 1 is 1.44 bits per heavy atom. The Labute approximate surface area is 109 Å². The summed E-state index contributed by atoms with van der Waals surface area (Å²) in [6.45, 7) is 4.81. The molecular formula is C15H22N2O. The molecule has 0 fully saturated rings. The molecule has 0 unspecified atom stereocenters. The van der Waals surface area contributed by atoms with Gasteiger partial charge in [0.25, 0.3) is 5.91 Å². The van der Waals surface area contributed by atoms with Crippen molar-refractivity contribution in [2.75, 3.05) is 20.1 Å². The first-order chi connectivity index (χ1) is 8.74. The molecule has 0 radical (unpaired) electrons. The Balaban J connectivity index is 2.19. The fourth-order valence-corrected chi connectivity index (χ4v) is 2.42. The maximum atomic E-state index is 12.4. The average Bonchev–Trinajstić information content (AvgIpc) is 2.43.